The molecule has 19 heteroatoms. The molecule has 0 saturated heterocycles. The zero-order chi connectivity index (χ0) is 77.1. The highest BCUT2D eigenvalue weighted by Crippen LogP contribution is 2.45. The summed E-state index contributed by atoms with van der Waals surface area (Å²) >= 11 is 0. The lowest BCUT2D eigenvalue weighted by Gasteiger charge is -2.21. The van der Waals surface area contributed by atoms with E-state index in [9.17, 15) is 43.2 Å². The van der Waals surface area contributed by atoms with Gasteiger partial charge < -0.3 is 33.8 Å². The molecule has 3 N–H and O–H groups in total. The van der Waals surface area contributed by atoms with E-state index in [2.05, 4.69) is 41.5 Å². The maximum atomic E-state index is 13.1. The number of hydrogen-bond donors (Lipinski definition) is 3. The highest BCUT2D eigenvalue weighted by atomic mass is 31.2. The Kier molecular flexibility index (Phi) is 76.0. The smallest absolute Gasteiger partial charge is 0.462 e. The molecule has 6 atom stereocenters. The van der Waals surface area contributed by atoms with Crippen LogP contribution in [0.4, 0.5) is 0 Å². The Bertz CT molecular complexity index is 2010. The fraction of sp³-hybridized carbons (Fsp3) is 0.953. The van der Waals surface area contributed by atoms with Crippen molar-refractivity contribution in [3.05, 3.63) is 0 Å². The summed E-state index contributed by atoms with van der Waals surface area (Å²) < 4.78 is 68.9. The van der Waals surface area contributed by atoms with Crippen molar-refractivity contribution in [1.82, 2.24) is 0 Å². The number of aliphatic hydroxyl groups excluding tert-OH is 1. The predicted octanol–water partition coefficient (Wildman–Crippen LogP) is 26.2. The molecule has 0 fully saturated rings. The number of esters is 4. The first-order valence-electron chi connectivity index (χ1n) is 44.5. The number of rotatable bonds is 85. The number of unbranched alkanes of at least 4 members (excludes halogenated alkanes) is 54. The Morgan fingerprint density at radius 1 is 0.276 bits per heavy atom. The second-order valence-electron chi connectivity index (χ2n) is 31.6. The first-order chi connectivity index (χ1) is 50.9. The Morgan fingerprint density at radius 3 is 0.724 bits per heavy atom. The summed E-state index contributed by atoms with van der Waals surface area (Å²) in [5, 5.41) is 10.7. The third-order valence-corrected chi connectivity index (χ3v) is 22.5. The highest BCUT2D eigenvalue weighted by Gasteiger charge is 2.30. The Labute approximate surface area is 645 Å². The second kappa shape index (κ2) is 77.4. The molecule has 3 unspecified atom stereocenters. The number of ether oxygens (including phenoxy) is 4. The zero-order valence-corrected chi connectivity index (χ0v) is 70.8. The second-order valence-corrected chi connectivity index (χ2v) is 34.6. The molecule has 0 saturated carbocycles. The van der Waals surface area contributed by atoms with Crippen LogP contribution in [0.25, 0.3) is 0 Å². The van der Waals surface area contributed by atoms with Crippen LogP contribution in [0.2, 0.25) is 0 Å². The van der Waals surface area contributed by atoms with E-state index >= 15 is 0 Å². The van der Waals surface area contributed by atoms with Gasteiger partial charge in [0, 0.05) is 25.7 Å². The van der Waals surface area contributed by atoms with E-state index in [-0.39, 0.29) is 25.7 Å². The molecule has 17 nitrogen and oxygen atoms in total. The number of phosphoric ester groups is 2. The van der Waals surface area contributed by atoms with Gasteiger partial charge in [0.2, 0.25) is 0 Å². The van der Waals surface area contributed by atoms with Gasteiger partial charge in [0.15, 0.2) is 12.2 Å². The van der Waals surface area contributed by atoms with Gasteiger partial charge in [-0.15, -0.1) is 0 Å². The molecule has 0 spiro atoms. The summed E-state index contributed by atoms with van der Waals surface area (Å²) in [6.07, 6.45) is 69.3. The van der Waals surface area contributed by atoms with Crippen LogP contribution in [-0.4, -0.2) is 96.7 Å². The summed E-state index contributed by atoms with van der Waals surface area (Å²) in [5.41, 5.74) is 0. The Morgan fingerprint density at radius 2 is 0.486 bits per heavy atom. The Balaban J connectivity index is 5.22. The van der Waals surface area contributed by atoms with Crippen molar-refractivity contribution in [2.24, 2.45) is 11.8 Å². The third kappa shape index (κ3) is 78.5. The van der Waals surface area contributed by atoms with Crippen molar-refractivity contribution in [2.45, 2.75) is 477 Å². The fourth-order valence-electron chi connectivity index (χ4n) is 13.4. The zero-order valence-electron chi connectivity index (χ0n) is 69.0. The standard InChI is InChI=1S/C86H168O17P2/c1-7-10-12-14-16-18-20-38-44-50-56-62-68-83(88)96-74-81(102-85(90)70-64-58-52-46-39-21-19-17-15-13-11-8-2)76-100-104(92,93)98-72-80(87)73-99-105(94,95)101-77-82(75-97-84(89)69-63-57-51-45-40-34-30-27-26-28-32-36-42-48-54-60-66-78(4)5)103-86(91)71-65-59-53-47-41-35-31-25-23-22-24-29-33-37-43-49-55-61-67-79(6)9-3/h78-82,87H,7-77H2,1-6H3,(H,92,93)(H,94,95)/t79?,80-,81+,82+/m0/s1. The SMILES string of the molecule is CCCCCCCCCCCCCCC(=O)OC[C@H](COP(=O)(O)OC[C@H](O)COP(=O)(O)OC[C@@H](COC(=O)CCCCCCCCCCCCCCCCCCC(C)C)OC(=O)CCCCCCCCCCCCCCCCCCCCC(C)CC)OC(=O)CCCCCCCCCCCCCC. The van der Waals surface area contributed by atoms with E-state index in [0.29, 0.717) is 25.7 Å². The molecule has 0 amide bonds. The van der Waals surface area contributed by atoms with E-state index in [1.807, 2.05) is 0 Å². The summed E-state index contributed by atoms with van der Waals surface area (Å²) in [4.78, 5) is 73.2. The molecule has 0 aromatic carbocycles. The largest absolute Gasteiger partial charge is 0.472 e. The van der Waals surface area contributed by atoms with Crippen LogP contribution >= 0.6 is 15.6 Å². The van der Waals surface area contributed by atoms with E-state index < -0.39 is 97.5 Å². The minimum atomic E-state index is -4.97. The van der Waals surface area contributed by atoms with Crippen LogP contribution in [0.5, 0.6) is 0 Å². The van der Waals surface area contributed by atoms with Crippen molar-refractivity contribution in [1.29, 1.82) is 0 Å². The molecule has 0 radical (unpaired) electrons. The fourth-order valence-corrected chi connectivity index (χ4v) is 15.0. The van der Waals surface area contributed by atoms with Gasteiger partial charge in [0.05, 0.1) is 26.4 Å². The molecule has 624 valence electrons. The van der Waals surface area contributed by atoms with Crippen LogP contribution in [0.15, 0.2) is 0 Å². The summed E-state index contributed by atoms with van der Waals surface area (Å²) in [6.45, 7) is 9.77. The van der Waals surface area contributed by atoms with E-state index in [1.54, 1.807) is 0 Å². The average molecular weight is 1540 g/mol. The lowest BCUT2D eigenvalue weighted by molar-refractivity contribution is -0.161. The van der Waals surface area contributed by atoms with Crippen LogP contribution in [-0.2, 0) is 65.4 Å². The quantitative estimate of drug-likeness (QED) is 0.0222. The van der Waals surface area contributed by atoms with Gasteiger partial charge >= 0.3 is 39.5 Å². The molecular formula is C86H168O17P2. The third-order valence-electron chi connectivity index (χ3n) is 20.6. The van der Waals surface area contributed by atoms with Crippen LogP contribution in [0, 0.1) is 11.8 Å². The van der Waals surface area contributed by atoms with Crippen LogP contribution < -0.4 is 0 Å². The van der Waals surface area contributed by atoms with Gasteiger partial charge in [-0.2, -0.15) is 0 Å². The molecule has 0 rings (SSSR count). The van der Waals surface area contributed by atoms with Crippen molar-refractivity contribution in [3.63, 3.8) is 0 Å². The van der Waals surface area contributed by atoms with E-state index in [1.165, 1.54) is 276 Å². The molecule has 0 aliphatic carbocycles. The maximum absolute atomic E-state index is 13.1. The van der Waals surface area contributed by atoms with Crippen molar-refractivity contribution < 1.29 is 80.2 Å². The number of aliphatic hydroxyl groups is 1. The minimum Gasteiger partial charge on any atom is -0.462 e. The lowest BCUT2D eigenvalue weighted by Crippen LogP contribution is -2.30. The average Bonchev–Trinajstić information content (AvgIpc) is 0.927. The normalized spacial score (nSPS) is 14.1. The van der Waals surface area contributed by atoms with Gasteiger partial charge in [-0.1, -0.05) is 408 Å². The van der Waals surface area contributed by atoms with E-state index in [0.717, 1.165) is 102 Å². The molecule has 0 aromatic heterocycles. The van der Waals surface area contributed by atoms with E-state index in [4.69, 9.17) is 37.0 Å². The van der Waals surface area contributed by atoms with Gasteiger partial charge in [-0.05, 0) is 37.5 Å². The van der Waals surface area contributed by atoms with Gasteiger partial charge in [0.25, 0.3) is 0 Å². The predicted molar refractivity (Wildman–Crippen MR) is 432 cm³/mol. The summed E-state index contributed by atoms with van der Waals surface area (Å²) in [6, 6.07) is 0. The van der Waals surface area contributed by atoms with Gasteiger partial charge in [0.1, 0.15) is 19.3 Å². The number of phosphoric acid groups is 2. The molecular weight excluding hydrogens is 1370 g/mol. The van der Waals surface area contributed by atoms with Gasteiger partial charge in [-0.3, -0.25) is 37.3 Å². The topological polar surface area (TPSA) is 237 Å². The molecule has 0 bridgehead atoms. The Hall–Kier alpha value is -1.94. The first kappa shape index (κ1) is 103. The summed E-state index contributed by atoms with van der Waals surface area (Å²) in [7, 11) is -9.93. The highest BCUT2D eigenvalue weighted by molar-refractivity contribution is 7.47. The number of carbonyl (C=O) groups excluding carboxylic acids is 4. The number of carbonyl (C=O) groups is 4. The molecule has 105 heavy (non-hydrogen) atoms. The molecule has 0 aliphatic rings. The lowest BCUT2D eigenvalue weighted by atomic mass is 9.99. The van der Waals surface area contributed by atoms with Crippen molar-refractivity contribution >= 4 is 39.5 Å². The summed E-state index contributed by atoms with van der Waals surface area (Å²) in [5.74, 6) is -0.417. The van der Waals surface area contributed by atoms with Crippen LogP contribution in [0.1, 0.15) is 459 Å². The minimum absolute atomic E-state index is 0.108. The van der Waals surface area contributed by atoms with Gasteiger partial charge in [-0.25, -0.2) is 9.13 Å². The van der Waals surface area contributed by atoms with Crippen molar-refractivity contribution in [2.75, 3.05) is 39.6 Å². The first-order valence-corrected chi connectivity index (χ1v) is 47.5. The van der Waals surface area contributed by atoms with Crippen LogP contribution in [0.3, 0.4) is 0 Å². The monoisotopic (exact) mass is 1540 g/mol. The number of hydrogen-bond acceptors (Lipinski definition) is 15. The molecule has 0 aliphatic heterocycles. The van der Waals surface area contributed by atoms with Crippen molar-refractivity contribution in [3.8, 4) is 0 Å². The molecule has 0 heterocycles. The maximum Gasteiger partial charge on any atom is 0.472 e. The molecule has 0 aromatic rings.